The molecule has 2 aliphatic heterocycles. The van der Waals surface area contributed by atoms with Crippen LogP contribution < -0.4 is 9.64 Å². The molecule has 0 saturated carbocycles. The van der Waals surface area contributed by atoms with Gasteiger partial charge < -0.3 is 14.5 Å². The van der Waals surface area contributed by atoms with Gasteiger partial charge in [-0.15, -0.1) is 0 Å². The maximum atomic E-state index is 13.4. The molecule has 3 heterocycles. The predicted molar refractivity (Wildman–Crippen MR) is 116 cm³/mol. The molecule has 6 nitrogen and oxygen atoms in total. The van der Waals surface area contributed by atoms with Crippen LogP contribution in [0.5, 0.6) is 5.75 Å². The van der Waals surface area contributed by atoms with Crippen molar-refractivity contribution in [3.05, 3.63) is 52.3 Å². The van der Waals surface area contributed by atoms with Gasteiger partial charge in [0.15, 0.2) is 0 Å². The number of benzene rings is 1. The van der Waals surface area contributed by atoms with Gasteiger partial charge in [-0.2, -0.15) is 0 Å². The average molecular weight is 448 g/mol. The summed E-state index contributed by atoms with van der Waals surface area (Å²) in [5.41, 5.74) is 0.706. The maximum Gasteiger partial charge on any atom is 0.255 e. The summed E-state index contributed by atoms with van der Waals surface area (Å²) in [6.45, 7) is 1.68. The van der Waals surface area contributed by atoms with Crippen LogP contribution in [-0.2, 0) is 4.79 Å². The zero-order valence-corrected chi connectivity index (χ0v) is 18.2. The summed E-state index contributed by atoms with van der Waals surface area (Å²) in [6, 6.07) is 6.96. The van der Waals surface area contributed by atoms with Crippen LogP contribution >= 0.6 is 23.2 Å². The predicted octanol–water partition coefficient (Wildman–Crippen LogP) is 4.45. The minimum Gasteiger partial charge on any atom is -0.495 e. The number of likely N-dealkylation sites (tertiary alicyclic amines) is 1. The third-order valence-corrected chi connectivity index (χ3v) is 6.76. The Balaban J connectivity index is 1.49. The highest BCUT2D eigenvalue weighted by Crippen LogP contribution is 2.43. The van der Waals surface area contributed by atoms with Crippen LogP contribution in [0.3, 0.4) is 0 Å². The molecule has 2 amide bonds. The summed E-state index contributed by atoms with van der Waals surface area (Å²) in [7, 11) is 1.52. The van der Waals surface area contributed by atoms with Crippen LogP contribution in [0.1, 0.15) is 36.0 Å². The molecule has 4 rings (SSSR count). The number of hydrogen-bond donors (Lipinski definition) is 0. The molecular weight excluding hydrogens is 425 g/mol. The number of pyridine rings is 1. The first kappa shape index (κ1) is 20.9. The highest BCUT2D eigenvalue weighted by atomic mass is 35.5. The minimum atomic E-state index is -0.449. The fourth-order valence-electron chi connectivity index (χ4n) is 4.47. The van der Waals surface area contributed by atoms with Crippen LogP contribution in [-0.4, -0.2) is 48.4 Å². The highest BCUT2D eigenvalue weighted by molar-refractivity contribution is 6.35. The molecule has 0 N–H and O–H groups in total. The summed E-state index contributed by atoms with van der Waals surface area (Å²) < 4.78 is 5.22. The molecule has 2 fully saturated rings. The molecule has 1 aromatic heterocycles. The third-order valence-electron chi connectivity index (χ3n) is 6.16. The van der Waals surface area contributed by atoms with Crippen LogP contribution in [0.15, 0.2) is 36.7 Å². The standard InChI is InChI=1S/C22H23Cl2N3O3/c1-30-18-5-2-4-17(19(18)24)20(28)26-10-7-22(8-11-26)6-3-9-27(21(22)29)16-12-15(23)13-25-14-16/h2,4-5,12-14H,3,6-11H2,1H3. The summed E-state index contributed by atoms with van der Waals surface area (Å²) >= 11 is 12.4. The number of methoxy groups -OCH3 is 1. The zero-order valence-electron chi connectivity index (χ0n) is 16.7. The maximum absolute atomic E-state index is 13.4. The molecule has 0 aliphatic carbocycles. The molecule has 0 unspecified atom stereocenters. The minimum absolute atomic E-state index is 0.101. The topological polar surface area (TPSA) is 62.7 Å². The smallest absolute Gasteiger partial charge is 0.255 e. The van der Waals surface area contributed by atoms with Gasteiger partial charge in [0.25, 0.3) is 5.91 Å². The van der Waals surface area contributed by atoms with E-state index in [2.05, 4.69) is 4.98 Å². The molecule has 0 atom stereocenters. The van der Waals surface area contributed by atoms with Gasteiger partial charge in [0, 0.05) is 25.8 Å². The van der Waals surface area contributed by atoms with E-state index in [1.54, 1.807) is 46.5 Å². The Labute approximate surface area is 185 Å². The molecule has 2 aliphatic rings. The number of aromatic nitrogens is 1. The molecule has 158 valence electrons. The van der Waals surface area contributed by atoms with Crippen molar-refractivity contribution in [3.8, 4) is 5.75 Å². The largest absolute Gasteiger partial charge is 0.495 e. The Morgan fingerprint density at radius 3 is 2.60 bits per heavy atom. The lowest BCUT2D eigenvalue weighted by atomic mass is 9.71. The summed E-state index contributed by atoms with van der Waals surface area (Å²) in [6.07, 6.45) is 6.23. The Hall–Kier alpha value is -2.31. The van der Waals surface area contributed by atoms with E-state index >= 15 is 0 Å². The summed E-state index contributed by atoms with van der Waals surface area (Å²) in [5.74, 6) is 0.446. The van der Waals surface area contributed by atoms with E-state index in [1.807, 2.05) is 0 Å². The first-order chi connectivity index (χ1) is 14.4. The van der Waals surface area contributed by atoms with Gasteiger partial charge in [0.1, 0.15) is 5.75 Å². The number of carbonyl (C=O) groups is 2. The quantitative estimate of drug-likeness (QED) is 0.697. The third kappa shape index (κ3) is 3.74. The number of anilines is 1. The van der Waals surface area contributed by atoms with Crippen molar-refractivity contribution < 1.29 is 14.3 Å². The first-order valence-electron chi connectivity index (χ1n) is 9.99. The fourth-order valence-corrected chi connectivity index (χ4v) is 4.92. The van der Waals surface area contributed by atoms with Crippen LogP contribution in [0, 0.1) is 5.41 Å². The van der Waals surface area contributed by atoms with Crippen LogP contribution in [0.4, 0.5) is 5.69 Å². The SMILES string of the molecule is COc1cccc(C(=O)N2CCC3(CCCN(c4cncc(Cl)c4)C3=O)CC2)c1Cl. The first-order valence-corrected chi connectivity index (χ1v) is 10.7. The molecule has 0 bridgehead atoms. The number of nitrogens with zero attached hydrogens (tertiary/aromatic N) is 3. The lowest BCUT2D eigenvalue weighted by Crippen LogP contribution is -2.54. The monoisotopic (exact) mass is 447 g/mol. The molecule has 30 heavy (non-hydrogen) atoms. The summed E-state index contributed by atoms with van der Waals surface area (Å²) in [4.78, 5) is 34.1. The number of rotatable bonds is 3. The molecular formula is C22H23Cl2N3O3. The van der Waals surface area contributed by atoms with Crippen molar-refractivity contribution in [2.24, 2.45) is 5.41 Å². The number of piperidine rings is 2. The Kier molecular flexibility index (Phi) is 5.89. The van der Waals surface area contributed by atoms with Gasteiger partial charge >= 0.3 is 0 Å². The van der Waals surface area contributed by atoms with E-state index in [0.717, 1.165) is 18.5 Å². The van der Waals surface area contributed by atoms with E-state index in [-0.39, 0.29) is 11.8 Å². The summed E-state index contributed by atoms with van der Waals surface area (Å²) in [5, 5.41) is 0.828. The van der Waals surface area contributed by atoms with E-state index in [4.69, 9.17) is 27.9 Å². The normalized spacial score (nSPS) is 18.6. The van der Waals surface area contributed by atoms with Crippen molar-refractivity contribution >= 4 is 40.7 Å². The van der Waals surface area contributed by atoms with Gasteiger partial charge in [-0.1, -0.05) is 29.3 Å². The van der Waals surface area contributed by atoms with Gasteiger partial charge in [0.05, 0.1) is 40.0 Å². The van der Waals surface area contributed by atoms with Gasteiger partial charge in [0.2, 0.25) is 5.91 Å². The van der Waals surface area contributed by atoms with Crippen molar-refractivity contribution in [2.75, 3.05) is 31.6 Å². The van der Waals surface area contributed by atoms with E-state index in [9.17, 15) is 9.59 Å². The fraction of sp³-hybridized carbons (Fsp3) is 0.409. The molecule has 8 heteroatoms. The van der Waals surface area contributed by atoms with Gasteiger partial charge in [-0.25, -0.2) is 0 Å². The number of ether oxygens (including phenoxy) is 1. The highest BCUT2D eigenvalue weighted by Gasteiger charge is 2.46. The molecule has 1 aromatic carbocycles. The van der Waals surface area contributed by atoms with Gasteiger partial charge in [-0.3, -0.25) is 14.6 Å². The lowest BCUT2D eigenvalue weighted by Gasteiger charge is -2.46. The van der Waals surface area contributed by atoms with Crippen molar-refractivity contribution in [2.45, 2.75) is 25.7 Å². The number of hydrogen-bond acceptors (Lipinski definition) is 4. The van der Waals surface area contributed by atoms with Crippen molar-refractivity contribution in [1.82, 2.24) is 9.88 Å². The lowest BCUT2D eigenvalue weighted by molar-refractivity contribution is -0.133. The van der Waals surface area contributed by atoms with Gasteiger partial charge in [-0.05, 0) is 43.9 Å². The van der Waals surface area contributed by atoms with Crippen LogP contribution in [0.2, 0.25) is 10.0 Å². The second kappa shape index (κ2) is 8.44. The zero-order chi connectivity index (χ0) is 21.3. The Morgan fingerprint density at radius 1 is 1.13 bits per heavy atom. The van der Waals surface area contributed by atoms with Crippen molar-refractivity contribution in [3.63, 3.8) is 0 Å². The second-order valence-electron chi connectivity index (χ2n) is 7.82. The average Bonchev–Trinajstić information content (AvgIpc) is 2.76. The van der Waals surface area contributed by atoms with E-state index < -0.39 is 5.41 Å². The van der Waals surface area contributed by atoms with Crippen molar-refractivity contribution in [1.29, 1.82) is 0 Å². The Morgan fingerprint density at radius 2 is 1.90 bits per heavy atom. The number of amides is 2. The number of carbonyl (C=O) groups excluding carboxylic acids is 2. The number of halogens is 2. The molecule has 1 spiro atoms. The van der Waals surface area contributed by atoms with E-state index in [1.165, 1.54) is 7.11 Å². The molecule has 0 radical (unpaired) electrons. The second-order valence-corrected chi connectivity index (χ2v) is 8.63. The van der Waals surface area contributed by atoms with E-state index in [0.29, 0.717) is 53.8 Å². The Bertz CT molecular complexity index is 974. The molecule has 2 saturated heterocycles. The molecule has 2 aromatic rings. The van der Waals surface area contributed by atoms with Crippen LogP contribution in [0.25, 0.3) is 0 Å².